The van der Waals surface area contributed by atoms with Crippen LogP contribution in [0.15, 0.2) is 36.4 Å². The molecule has 2 aromatic carbocycles. The first-order valence-corrected chi connectivity index (χ1v) is 8.22. The molecule has 4 rings (SSSR count). The first-order chi connectivity index (χ1) is 12.5. The fraction of sp³-hybridized carbons (Fsp3) is 0.200. The van der Waals surface area contributed by atoms with E-state index in [1.54, 1.807) is 35.8 Å². The van der Waals surface area contributed by atoms with E-state index in [1.807, 2.05) is 19.1 Å². The van der Waals surface area contributed by atoms with Crippen LogP contribution in [0.4, 0.5) is 0 Å². The number of hydrogen-bond donors (Lipinski definition) is 1. The van der Waals surface area contributed by atoms with Gasteiger partial charge < -0.3 is 14.6 Å². The topological polar surface area (TPSA) is 77.8 Å². The molecule has 0 bridgehead atoms. The smallest absolute Gasteiger partial charge is 0.307 e. The maximum atomic E-state index is 13.1. The number of carbonyl (C=O) groups excluding carboxylic acids is 1. The fourth-order valence-corrected chi connectivity index (χ4v) is 3.33. The molecule has 6 nitrogen and oxygen atoms in total. The minimum atomic E-state index is -0.951. The van der Waals surface area contributed by atoms with Crippen LogP contribution in [0, 0.1) is 13.8 Å². The molecule has 1 N–H and O–H groups in total. The number of carboxylic acids is 1. The quantitative estimate of drug-likeness (QED) is 0.783. The third-order valence-electron chi connectivity index (χ3n) is 4.66. The second-order valence-corrected chi connectivity index (χ2v) is 6.36. The van der Waals surface area contributed by atoms with E-state index in [0.29, 0.717) is 39.2 Å². The maximum absolute atomic E-state index is 13.1. The van der Waals surface area contributed by atoms with E-state index in [-0.39, 0.29) is 19.1 Å². The van der Waals surface area contributed by atoms with Crippen molar-refractivity contribution in [1.82, 2.24) is 4.57 Å². The first kappa shape index (κ1) is 16.2. The standard InChI is InChI=1S/C20H17NO5/c1-11-3-5-13(6-4-11)20(24)21-12(2)14(8-19(22)23)15-7-17-18(9-16(15)21)26-10-25-17/h3-7,9H,8,10H2,1-2H3,(H,22,23). The molecule has 0 amide bonds. The second kappa shape index (κ2) is 5.91. The Bertz CT molecular complexity index is 1050. The van der Waals surface area contributed by atoms with Crippen LogP contribution >= 0.6 is 0 Å². The van der Waals surface area contributed by atoms with Crippen molar-refractivity contribution in [1.29, 1.82) is 0 Å². The lowest BCUT2D eigenvalue weighted by atomic mass is 10.1. The number of benzene rings is 2. The third kappa shape index (κ3) is 2.50. The number of hydrogen-bond acceptors (Lipinski definition) is 4. The number of aliphatic carboxylic acids is 1. The Morgan fingerprint density at radius 2 is 1.73 bits per heavy atom. The van der Waals surface area contributed by atoms with E-state index in [1.165, 1.54) is 0 Å². The van der Waals surface area contributed by atoms with Gasteiger partial charge in [0.2, 0.25) is 6.79 Å². The van der Waals surface area contributed by atoms with Gasteiger partial charge in [-0.15, -0.1) is 0 Å². The summed E-state index contributed by atoms with van der Waals surface area (Å²) in [4.78, 5) is 24.5. The van der Waals surface area contributed by atoms with E-state index in [9.17, 15) is 14.7 Å². The molecule has 26 heavy (non-hydrogen) atoms. The predicted octanol–water partition coefficient (Wildman–Crippen LogP) is 3.30. The highest BCUT2D eigenvalue weighted by Gasteiger charge is 2.25. The monoisotopic (exact) mass is 351 g/mol. The van der Waals surface area contributed by atoms with Gasteiger partial charge in [0.15, 0.2) is 11.5 Å². The SMILES string of the molecule is Cc1ccc(C(=O)n2c(C)c(CC(=O)O)c3cc4c(cc32)OCO4)cc1. The number of carbonyl (C=O) groups is 2. The lowest BCUT2D eigenvalue weighted by Gasteiger charge is -2.08. The minimum Gasteiger partial charge on any atom is -0.481 e. The molecule has 1 aromatic heterocycles. The average molecular weight is 351 g/mol. The first-order valence-electron chi connectivity index (χ1n) is 8.22. The van der Waals surface area contributed by atoms with Gasteiger partial charge in [-0.05, 0) is 37.6 Å². The van der Waals surface area contributed by atoms with Crippen LogP contribution in [-0.4, -0.2) is 28.3 Å². The zero-order valence-corrected chi connectivity index (χ0v) is 14.4. The maximum Gasteiger partial charge on any atom is 0.307 e. The van der Waals surface area contributed by atoms with Crippen LogP contribution in [0.2, 0.25) is 0 Å². The van der Waals surface area contributed by atoms with Crippen molar-refractivity contribution in [2.75, 3.05) is 6.79 Å². The van der Waals surface area contributed by atoms with E-state index in [4.69, 9.17) is 9.47 Å². The molecule has 0 radical (unpaired) electrons. The molecule has 132 valence electrons. The summed E-state index contributed by atoms with van der Waals surface area (Å²) < 4.78 is 12.4. The summed E-state index contributed by atoms with van der Waals surface area (Å²) in [5, 5.41) is 9.98. The lowest BCUT2D eigenvalue weighted by molar-refractivity contribution is -0.136. The molecule has 3 aromatic rings. The van der Waals surface area contributed by atoms with Gasteiger partial charge in [-0.1, -0.05) is 17.7 Å². The Kier molecular flexibility index (Phi) is 3.68. The molecule has 0 atom stereocenters. The minimum absolute atomic E-state index is 0.112. The molecule has 6 heteroatoms. The van der Waals surface area contributed by atoms with Crippen LogP contribution in [-0.2, 0) is 11.2 Å². The van der Waals surface area contributed by atoms with Crippen molar-refractivity contribution >= 4 is 22.8 Å². The largest absolute Gasteiger partial charge is 0.481 e. The van der Waals surface area contributed by atoms with Gasteiger partial charge in [0.05, 0.1) is 11.9 Å². The van der Waals surface area contributed by atoms with Crippen molar-refractivity contribution < 1.29 is 24.2 Å². The molecular formula is C20H17NO5. The number of fused-ring (bicyclic) bond motifs is 2. The van der Waals surface area contributed by atoms with Gasteiger partial charge in [0.1, 0.15) is 0 Å². The van der Waals surface area contributed by atoms with Crippen molar-refractivity contribution in [3.8, 4) is 11.5 Å². The van der Waals surface area contributed by atoms with Crippen molar-refractivity contribution in [2.45, 2.75) is 20.3 Å². The molecular weight excluding hydrogens is 334 g/mol. The van der Waals surface area contributed by atoms with Gasteiger partial charge in [0, 0.05) is 22.7 Å². The lowest BCUT2D eigenvalue weighted by Crippen LogP contribution is -2.14. The second-order valence-electron chi connectivity index (χ2n) is 6.36. The zero-order chi connectivity index (χ0) is 18.4. The van der Waals surface area contributed by atoms with Crippen LogP contribution in [0.3, 0.4) is 0 Å². The highest BCUT2D eigenvalue weighted by molar-refractivity contribution is 6.05. The molecule has 1 aliphatic heterocycles. The van der Waals surface area contributed by atoms with Crippen LogP contribution in [0.1, 0.15) is 27.2 Å². The molecule has 0 aliphatic carbocycles. The summed E-state index contributed by atoms with van der Waals surface area (Å²) in [6, 6.07) is 10.8. The molecule has 0 saturated carbocycles. The Hall–Kier alpha value is -3.28. The molecule has 1 aliphatic rings. The van der Waals surface area contributed by atoms with Gasteiger partial charge in [0.25, 0.3) is 5.91 Å². The van der Waals surface area contributed by atoms with E-state index >= 15 is 0 Å². The highest BCUT2D eigenvalue weighted by Crippen LogP contribution is 2.39. The average Bonchev–Trinajstić information content (AvgIpc) is 3.16. The predicted molar refractivity (Wildman–Crippen MR) is 95.0 cm³/mol. The number of aryl methyl sites for hydroxylation is 1. The Morgan fingerprint density at radius 1 is 1.08 bits per heavy atom. The highest BCUT2D eigenvalue weighted by atomic mass is 16.7. The summed E-state index contributed by atoms with van der Waals surface area (Å²) >= 11 is 0. The summed E-state index contributed by atoms with van der Waals surface area (Å²) in [5.41, 5.74) is 3.43. The number of aromatic nitrogens is 1. The number of rotatable bonds is 3. The van der Waals surface area contributed by atoms with Gasteiger partial charge in [-0.2, -0.15) is 0 Å². The molecule has 2 heterocycles. The van der Waals surface area contributed by atoms with Crippen molar-refractivity contribution in [3.63, 3.8) is 0 Å². The van der Waals surface area contributed by atoms with Crippen LogP contribution in [0.5, 0.6) is 11.5 Å². The molecule has 0 saturated heterocycles. The normalized spacial score (nSPS) is 12.5. The van der Waals surface area contributed by atoms with E-state index in [0.717, 1.165) is 5.56 Å². The molecule has 0 spiro atoms. The van der Waals surface area contributed by atoms with E-state index < -0.39 is 5.97 Å². The Labute approximate surface area is 149 Å². The number of carboxylic acid groups (broad SMARTS) is 1. The van der Waals surface area contributed by atoms with E-state index in [2.05, 4.69) is 0 Å². The Balaban J connectivity index is 1.95. The number of nitrogens with zero attached hydrogens (tertiary/aromatic N) is 1. The van der Waals surface area contributed by atoms with Gasteiger partial charge in [-0.3, -0.25) is 14.2 Å². The Morgan fingerprint density at radius 3 is 2.38 bits per heavy atom. The summed E-state index contributed by atoms with van der Waals surface area (Å²) in [6.45, 7) is 3.83. The summed E-state index contributed by atoms with van der Waals surface area (Å²) in [6.07, 6.45) is -0.170. The van der Waals surface area contributed by atoms with Gasteiger partial charge in [-0.25, -0.2) is 0 Å². The van der Waals surface area contributed by atoms with Crippen LogP contribution < -0.4 is 9.47 Å². The number of ether oxygens (including phenoxy) is 2. The van der Waals surface area contributed by atoms with Crippen molar-refractivity contribution in [3.05, 3.63) is 58.8 Å². The van der Waals surface area contributed by atoms with Crippen molar-refractivity contribution in [2.24, 2.45) is 0 Å². The fourth-order valence-electron chi connectivity index (χ4n) is 3.33. The van der Waals surface area contributed by atoms with Gasteiger partial charge >= 0.3 is 5.97 Å². The summed E-state index contributed by atoms with van der Waals surface area (Å²) in [7, 11) is 0. The third-order valence-corrected chi connectivity index (χ3v) is 4.66. The summed E-state index contributed by atoms with van der Waals surface area (Å²) in [5.74, 6) is -0.0467. The molecule has 0 fully saturated rings. The molecule has 0 unspecified atom stereocenters. The van der Waals surface area contributed by atoms with Crippen LogP contribution in [0.25, 0.3) is 10.9 Å². The zero-order valence-electron chi connectivity index (χ0n) is 14.4.